The van der Waals surface area contributed by atoms with Crippen molar-refractivity contribution in [2.24, 2.45) is 0 Å². The van der Waals surface area contributed by atoms with Crippen LogP contribution in [0, 0.1) is 0 Å². The minimum atomic E-state index is -1.24. The van der Waals surface area contributed by atoms with Gasteiger partial charge in [0.25, 0.3) is 10.8 Å². The van der Waals surface area contributed by atoms with Crippen LogP contribution in [0.1, 0.15) is 10.4 Å². The molecule has 2 aromatic carbocycles. The molecular formula is C14H10N4O2S. The predicted octanol–water partition coefficient (Wildman–Crippen LogP) is 0.922. The van der Waals surface area contributed by atoms with Crippen molar-refractivity contribution >= 4 is 28.3 Å². The summed E-state index contributed by atoms with van der Waals surface area (Å²) in [6.45, 7) is 0. The van der Waals surface area contributed by atoms with E-state index in [1.54, 1.807) is 18.2 Å². The number of aromatic carboxylic acids is 1. The molecule has 7 heteroatoms. The lowest BCUT2D eigenvalue weighted by Gasteiger charge is -2.08. The summed E-state index contributed by atoms with van der Waals surface area (Å²) in [4.78, 5) is 12.5. The summed E-state index contributed by atoms with van der Waals surface area (Å²) in [5.41, 5.74) is 1.34. The average molecular weight is 298 g/mol. The maximum Gasteiger partial charge on any atom is 0.280 e. The number of hydrogen-bond acceptors (Lipinski definition) is 6. The Labute approximate surface area is 124 Å². The lowest BCUT2D eigenvalue weighted by Crippen LogP contribution is -2.35. The Balaban J connectivity index is 1.87. The van der Waals surface area contributed by atoms with Gasteiger partial charge in [-0.25, -0.2) is 0 Å². The molecule has 0 amide bonds. The van der Waals surface area contributed by atoms with Crippen molar-refractivity contribution in [2.45, 2.75) is 0 Å². The van der Waals surface area contributed by atoms with Crippen LogP contribution in [0.2, 0.25) is 0 Å². The van der Waals surface area contributed by atoms with Crippen molar-refractivity contribution < 1.29 is 14.7 Å². The minimum Gasteiger partial charge on any atom is -0.545 e. The summed E-state index contributed by atoms with van der Waals surface area (Å²) in [5.74, 6) is -1.24. The van der Waals surface area contributed by atoms with Crippen molar-refractivity contribution in [3.05, 3.63) is 60.2 Å². The molecule has 0 aliphatic carbocycles. The van der Waals surface area contributed by atoms with E-state index >= 15 is 0 Å². The second kappa shape index (κ2) is 5.68. The van der Waals surface area contributed by atoms with E-state index in [0.29, 0.717) is 10.8 Å². The SMILES string of the molecule is O=C([O-])c1ccccc1Nc1n[n+](-c2ccccc2)ns1. The monoisotopic (exact) mass is 298 g/mol. The molecule has 0 aliphatic heterocycles. The van der Waals surface area contributed by atoms with Crippen LogP contribution in [0.4, 0.5) is 10.8 Å². The number of carbonyl (C=O) groups excluding carboxylic acids is 1. The second-order valence-corrected chi connectivity index (χ2v) is 4.89. The first kappa shape index (κ1) is 13.2. The summed E-state index contributed by atoms with van der Waals surface area (Å²) in [7, 11) is 0. The molecule has 21 heavy (non-hydrogen) atoms. The van der Waals surface area contributed by atoms with Gasteiger partial charge in [-0.1, -0.05) is 36.4 Å². The molecule has 6 nitrogen and oxygen atoms in total. The van der Waals surface area contributed by atoms with Crippen LogP contribution in [0.25, 0.3) is 5.69 Å². The van der Waals surface area contributed by atoms with Crippen LogP contribution in [0.5, 0.6) is 0 Å². The molecule has 0 unspecified atom stereocenters. The third-order valence-electron chi connectivity index (χ3n) is 2.77. The Morgan fingerprint density at radius 1 is 1.10 bits per heavy atom. The van der Waals surface area contributed by atoms with Gasteiger partial charge in [-0.05, 0) is 6.07 Å². The molecule has 0 aliphatic rings. The second-order valence-electron chi connectivity index (χ2n) is 4.16. The molecule has 1 heterocycles. The quantitative estimate of drug-likeness (QED) is 0.724. The molecule has 3 aromatic rings. The smallest absolute Gasteiger partial charge is 0.280 e. The van der Waals surface area contributed by atoms with Crippen molar-refractivity contribution in [1.82, 2.24) is 9.59 Å². The highest BCUT2D eigenvalue weighted by Crippen LogP contribution is 2.20. The minimum absolute atomic E-state index is 0.0824. The topological polar surface area (TPSA) is 81.8 Å². The Morgan fingerprint density at radius 2 is 1.81 bits per heavy atom. The van der Waals surface area contributed by atoms with Gasteiger partial charge in [-0.3, -0.25) is 0 Å². The third kappa shape index (κ3) is 2.87. The number of carbonyl (C=O) groups is 1. The highest BCUT2D eigenvalue weighted by molar-refractivity contribution is 7.09. The molecule has 0 bridgehead atoms. The van der Waals surface area contributed by atoms with E-state index in [1.165, 1.54) is 10.9 Å². The van der Waals surface area contributed by atoms with Gasteiger partial charge in [0.05, 0.1) is 27.4 Å². The molecule has 0 saturated carbocycles. The maximum atomic E-state index is 11.0. The summed E-state index contributed by atoms with van der Waals surface area (Å²) >= 11 is 1.14. The lowest BCUT2D eigenvalue weighted by atomic mass is 10.2. The fourth-order valence-corrected chi connectivity index (χ4v) is 2.35. The number of benzene rings is 2. The van der Waals surface area contributed by atoms with Gasteiger partial charge in [0.15, 0.2) is 0 Å². The van der Waals surface area contributed by atoms with Gasteiger partial charge in [-0.15, -0.1) is 0 Å². The number of para-hydroxylation sites is 2. The summed E-state index contributed by atoms with van der Waals surface area (Å²) < 4.78 is 4.18. The first-order chi connectivity index (χ1) is 10.2. The Kier molecular flexibility index (Phi) is 3.57. The standard InChI is InChI=1S/C14H10N4O2S/c19-13(20)11-8-4-5-9-12(11)15-14-16-18(17-21-14)10-6-2-1-3-7-10/h1-9H,(H-,15,16,17,19,20). The molecule has 0 saturated heterocycles. The Bertz CT molecular complexity index is 773. The van der Waals surface area contributed by atoms with Gasteiger partial charge < -0.3 is 15.2 Å². The van der Waals surface area contributed by atoms with Crippen molar-refractivity contribution in [3.63, 3.8) is 0 Å². The summed E-state index contributed by atoms with van der Waals surface area (Å²) in [6.07, 6.45) is 0. The van der Waals surface area contributed by atoms with E-state index in [9.17, 15) is 9.90 Å². The van der Waals surface area contributed by atoms with E-state index in [1.807, 2.05) is 30.3 Å². The van der Waals surface area contributed by atoms with Gasteiger partial charge in [0, 0.05) is 23.4 Å². The first-order valence-electron chi connectivity index (χ1n) is 6.13. The van der Waals surface area contributed by atoms with E-state index in [-0.39, 0.29) is 5.56 Å². The van der Waals surface area contributed by atoms with E-state index in [0.717, 1.165) is 17.2 Å². The van der Waals surface area contributed by atoms with Crippen molar-refractivity contribution in [1.29, 1.82) is 0 Å². The third-order valence-corrected chi connectivity index (χ3v) is 3.36. The highest BCUT2D eigenvalue weighted by Gasteiger charge is 2.15. The Morgan fingerprint density at radius 3 is 2.57 bits per heavy atom. The van der Waals surface area contributed by atoms with Crippen molar-refractivity contribution in [3.8, 4) is 5.69 Å². The average Bonchev–Trinajstić information content (AvgIpc) is 2.97. The zero-order chi connectivity index (χ0) is 14.7. The van der Waals surface area contributed by atoms with Gasteiger partial charge >= 0.3 is 0 Å². The summed E-state index contributed by atoms with van der Waals surface area (Å²) in [5, 5.41) is 18.8. The van der Waals surface area contributed by atoms with E-state index in [4.69, 9.17) is 0 Å². The fraction of sp³-hybridized carbons (Fsp3) is 0. The fourth-order valence-electron chi connectivity index (χ4n) is 1.80. The number of anilines is 2. The highest BCUT2D eigenvalue weighted by atomic mass is 32.1. The zero-order valence-corrected chi connectivity index (χ0v) is 11.6. The van der Waals surface area contributed by atoms with Crippen LogP contribution >= 0.6 is 11.5 Å². The molecule has 3 rings (SSSR count). The molecule has 104 valence electrons. The van der Waals surface area contributed by atoms with Crippen LogP contribution in [-0.2, 0) is 0 Å². The van der Waals surface area contributed by atoms with Crippen LogP contribution < -0.4 is 15.2 Å². The maximum absolute atomic E-state index is 11.0. The molecule has 0 spiro atoms. The van der Waals surface area contributed by atoms with Crippen molar-refractivity contribution in [2.75, 3.05) is 5.32 Å². The van der Waals surface area contributed by atoms with Gasteiger partial charge in [0.2, 0.25) is 0 Å². The predicted molar refractivity (Wildman–Crippen MR) is 75.5 cm³/mol. The number of carboxylic acid groups (broad SMARTS) is 1. The number of hydrogen-bond donors (Lipinski definition) is 1. The van der Waals surface area contributed by atoms with Gasteiger partial charge in [-0.2, -0.15) is 0 Å². The van der Waals surface area contributed by atoms with E-state index < -0.39 is 5.97 Å². The van der Waals surface area contributed by atoms with Crippen LogP contribution in [-0.4, -0.2) is 15.6 Å². The number of carboxylic acids is 1. The first-order valence-corrected chi connectivity index (χ1v) is 6.90. The Hall–Kier alpha value is -2.80. The van der Waals surface area contributed by atoms with Gasteiger partial charge in [0.1, 0.15) is 4.49 Å². The normalized spacial score (nSPS) is 10.3. The largest absolute Gasteiger partial charge is 0.545 e. The number of nitrogens with one attached hydrogen (secondary N) is 1. The van der Waals surface area contributed by atoms with E-state index in [2.05, 4.69) is 14.9 Å². The molecule has 1 N–H and O–H groups in total. The number of nitrogens with zero attached hydrogens (tertiary/aromatic N) is 3. The molecule has 0 fully saturated rings. The zero-order valence-electron chi connectivity index (χ0n) is 10.8. The van der Waals surface area contributed by atoms with Crippen LogP contribution in [0.15, 0.2) is 54.6 Å². The molecule has 0 radical (unpaired) electrons. The number of rotatable bonds is 4. The molecule has 0 atom stereocenters. The molecular weight excluding hydrogens is 288 g/mol. The number of aromatic nitrogens is 3. The van der Waals surface area contributed by atoms with Crippen LogP contribution in [0.3, 0.4) is 0 Å². The summed E-state index contributed by atoms with van der Waals surface area (Å²) in [6, 6.07) is 16.0. The molecule has 1 aromatic heterocycles. The lowest BCUT2D eigenvalue weighted by molar-refractivity contribution is -0.709.